The van der Waals surface area contributed by atoms with E-state index in [9.17, 15) is 10.1 Å². The van der Waals surface area contributed by atoms with Crippen molar-refractivity contribution in [3.63, 3.8) is 0 Å². The SMILES string of the molecule is C[C@@H]1CN(CC(=O)[C@@H](C#N)c2ccccc2)C[C@H](C)O1. The highest BCUT2D eigenvalue weighted by Crippen LogP contribution is 2.18. The molecule has 0 aromatic heterocycles. The number of morpholine rings is 1. The van der Waals surface area contributed by atoms with Gasteiger partial charge in [-0.05, 0) is 19.4 Å². The summed E-state index contributed by atoms with van der Waals surface area (Å²) in [7, 11) is 0. The average Bonchev–Trinajstić information content (AvgIpc) is 2.39. The first-order valence-electron chi connectivity index (χ1n) is 6.95. The summed E-state index contributed by atoms with van der Waals surface area (Å²) in [5.74, 6) is -0.718. The van der Waals surface area contributed by atoms with Crippen molar-refractivity contribution < 1.29 is 9.53 Å². The van der Waals surface area contributed by atoms with Gasteiger partial charge in [0.2, 0.25) is 0 Å². The molecule has 0 spiro atoms. The fourth-order valence-corrected chi connectivity index (χ4v) is 2.70. The van der Waals surface area contributed by atoms with Gasteiger partial charge in [-0.2, -0.15) is 5.26 Å². The maximum Gasteiger partial charge on any atom is 0.168 e. The highest BCUT2D eigenvalue weighted by Gasteiger charge is 2.27. The summed E-state index contributed by atoms with van der Waals surface area (Å²) in [5, 5.41) is 9.27. The number of nitriles is 1. The van der Waals surface area contributed by atoms with E-state index in [2.05, 4.69) is 11.0 Å². The van der Waals surface area contributed by atoms with Gasteiger partial charge in [0.25, 0.3) is 0 Å². The molecule has 1 aliphatic rings. The molecule has 0 amide bonds. The first-order chi connectivity index (χ1) is 9.60. The zero-order valence-corrected chi connectivity index (χ0v) is 12.0. The predicted molar refractivity (Wildman–Crippen MR) is 76.3 cm³/mol. The molecule has 0 saturated carbocycles. The van der Waals surface area contributed by atoms with Gasteiger partial charge >= 0.3 is 0 Å². The number of nitrogens with zero attached hydrogens (tertiary/aromatic N) is 2. The number of ketones is 1. The number of carbonyl (C=O) groups is 1. The second kappa shape index (κ2) is 6.65. The van der Waals surface area contributed by atoms with Crippen molar-refractivity contribution in [1.29, 1.82) is 5.26 Å². The van der Waals surface area contributed by atoms with Crippen LogP contribution in [-0.2, 0) is 9.53 Å². The molecule has 4 heteroatoms. The summed E-state index contributed by atoms with van der Waals surface area (Å²) >= 11 is 0. The van der Waals surface area contributed by atoms with Crippen molar-refractivity contribution in [2.75, 3.05) is 19.6 Å². The van der Waals surface area contributed by atoms with Gasteiger partial charge in [-0.3, -0.25) is 9.69 Å². The van der Waals surface area contributed by atoms with Crippen molar-refractivity contribution in [3.05, 3.63) is 35.9 Å². The number of benzene rings is 1. The molecular formula is C16H20N2O2. The number of carbonyl (C=O) groups excluding carboxylic acids is 1. The van der Waals surface area contributed by atoms with Crippen LogP contribution in [0.25, 0.3) is 0 Å². The molecule has 1 fully saturated rings. The molecule has 1 saturated heterocycles. The van der Waals surface area contributed by atoms with Gasteiger partial charge in [0.1, 0.15) is 5.92 Å². The molecule has 0 aliphatic carbocycles. The van der Waals surface area contributed by atoms with Crippen LogP contribution in [0.5, 0.6) is 0 Å². The minimum atomic E-state index is -0.676. The minimum Gasteiger partial charge on any atom is -0.373 e. The van der Waals surface area contributed by atoms with Crippen molar-refractivity contribution in [1.82, 2.24) is 4.90 Å². The second-order valence-corrected chi connectivity index (χ2v) is 5.39. The molecule has 2 rings (SSSR count). The van der Waals surface area contributed by atoms with Gasteiger partial charge in [-0.25, -0.2) is 0 Å². The summed E-state index contributed by atoms with van der Waals surface area (Å²) in [4.78, 5) is 14.4. The van der Waals surface area contributed by atoms with Crippen LogP contribution >= 0.6 is 0 Å². The Bertz CT molecular complexity index is 485. The van der Waals surface area contributed by atoms with E-state index >= 15 is 0 Å². The average molecular weight is 272 g/mol. The van der Waals surface area contributed by atoms with Gasteiger partial charge in [-0.15, -0.1) is 0 Å². The number of hydrogen-bond acceptors (Lipinski definition) is 4. The third kappa shape index (κ3) is 3.66. The summed E-state index contributed by atoms with van der Waals surface area (Å²) in [6.45, 7) is 5.80. The van der Waals surface area contributed by atoms with Gasteiger partial charge < -0.3 is 4.74 Å². The minimum absolute atomic E-state index is 0.0417. The number of hydrogen-bond donors (Lipinski definition) is 0. The molecule has 1 heterocycles. The van der Waals surface area contributed by atoms with Crippen molar-refractivity contribution >= 4 is 5.78 Å². The van der Waals surface area contributed by atoms with Crippen molar-refractivity contribution in [2.24, 2.45) is 0 Å². The Morgan fingerprint density at radius 2 is 1.95 bits per heavy atom. The standard InChI is InChI=1S/C16H20N2O2/c1-12-9-18(10-13(2)20-12)11-16(19)15(8-17)14-6-4-3-5-7-14/h3-7,12-13,15H,9-11H2,1-2H3/t12-,13+,15-/m0/s1. The molecule has 0 unspecified atom stereocenters. The lowest BCUT2D eigenvalue weighted by Crippen LogP contribution is -2.47. The Labute approximate surface area is 120 Å². The highest BCUT2D eigenvalue weighted by atomic mass is 16.5. The topological polar surface area (TPSA) is 53.3 Å². The first kappa shape index (κ1) is 14.7. The van der Waals surface area contributed by atoms with Crippen molar-refractivity contribution in [2.45, 2.75) is 32.0 Å². The van der Waals surface area contributed by atoms with Crippen LogP contribution in [-0.4, -0.2) is 42.5 Å². The molecule has 1 aromatic rings. The molecule has 0 bridgehead atoms. The van der Waals surface area contributed by atoms with E-state index in [-0.39, 0.29) is 18.0 Å². The van der Waals surface area contributed by atoms with Crippen LogP contribution in [0, 0.1) is 11.3 Å². The third-order valence-corrected chi connectivity index (χ3v) is 3.46. The predicted octanol–water partition coefficient (Wildman–Crippen LogP) is 1.97. The van der Waals surface area contributed by atoms with Gasteiger partial charge in [-0.1, -0.05) is 30.3 Å². The maximum absolute atomic E-state index is 12.4. The van der Waals surface area contributed by atoms with E-state index in [0.29, 0.717) is 6.54 Å². The molecule has 3 atom stereocenters. The van der Waals surface area contributed by atoms with Gasteiger partial charge in [0, 0.05) is 13.1 Å². The van der Waals surface area contributed by atoms with Crippen LogP contribution in [0.2, 0.25) is 0 Å². The first-order valence-corrected chi connectivity index (χ1v) is 6.95. The van der Waals surface area contributed by atoms with E-state index in [0.717, 1.165) is 18.7 Å². The van der Waals surface area contributed by atoms with Crippen LogP contribution in [0.15, 0.2) is 30.3 Å². The lowest BCUT2D eigenvalue weighted by atomic mass is 9.95. The normalized spacial score (nSPS) is 24.9. The van der Waals surface area contributed by atoms with E-state index in [1.54, 1.807) is 0 Å². The molecule has 4 nitrogen and oxygen atoms in total. The molecule has 1 aliphatic heterocycles. The zero-order valence-electron chi connectivity index (χ0n) is 12.0. The monoisotopic (exact) mass is 272 g/mol. The summed E-state index contributed by atoms with van der Waals surface area (Å²) in [6, 6.07) is 11.4. The second-order valence-electron chi connectivity index (χ2n) is 5.39. The molecule has 20 heavy (non-hydrogen) atoms. The Balaban J connectivity index is 2.02. The van der Waals surface area contributed by atoms with E-state index < -0.39 is 5.92 Å². The fourth-order valence-electron chi connectivity index (χ4n) is 2.70. The Hall–Kier alpha value is -1.70. The van der Waals surface area contributed by atoms with Crippen LogP contribution in [0.3, 0.4) is 0 Å². The fraction of sp³-hybridized carbons (Fsp3) is 0.500. The van der Waals surface area contributed by atoms with Gasteiger partial charge in [0.15, 0.2) is 5.78 Å². The molecule has 106 valence electrons. The maximum atomic E-state index is 12.4. The zero-order chi connectivity index (χ0) is 14.5. The Kier molecular flexibility index (Phi) is 4.89. The van der Waals surface area contributed by atoms with Crippen LogP contribution < -0.4 is 0 Å². The number of Topliss-reactive ketones (excluding diaryl/α,β-unsaturated/α-hetero) is 1. The summed E-state index contributed by atoms with van der Waals surface area (Å²) in [5.41, 5.74) is 0.773. The van der Waals surface area contributed by atoms with E-state index in [1.807, 2.05) is 44.2 Å². The quantitative estimate of drug-likeness (QED) is 0.841. The highest BCUT2D eigenvalue weighted by molar-refractivity contribution is 5.90. The lowest BCUT2D eigenvalue weighted by molar-refractivity contribution is -0.124. The molecule has 0 radical (unpaired) electrons. The van der Waals surface area contributed by atoms with Gasteiger partial charge in [0.05, 0.1) is 24.8 Å². The van der Waals surface area contributed by atoms with E-state index in [1.165, 1.54) is 0 Å². The third-order valence-electron chi connectivity index (χ3n) is 3.46. The largest absolute Gasteiger partial charge is 0.373 e. The number of ether oxygens (including phenoxy) is 1. The van der Waals surface area contributed by atoms with Crippen molar-refractivity contribution in [3.8, 4) is 6.07 Å². The van der Waals surface area contributed by atoms with Crippen LogP contribution in [0.1, 0.15) is 25.3 Å². The summed E-state index contributed by atoms with van der Waals surface area (Å²) in [6.07, 6.45) is 0.257. The Morgan fingerprint density at radius 3 is 2.50 bits per heavy atom. The summed E-state index contributed by atoms with van der Waals surface area (Å²) < 4.78 is 5.65. The Morgan fingerprint density at radius 1 is 1.35 bits per heavy atom. The molecular weight excluding hydrogens is 252 g/mol. The number of rotatable bonds is 4. The molecule has 1 aromatic carbocycles. The van der Waals surface area contributed by atoms with E-state index in [4.69, 9.17) is 4.74 Å². The van der Waals surface area contributed by atoms with Crippen LogP contribution in [0.4, 0.5) is 0 Å². The smallest absolute Gasteiger partial charge is 0.168 e. The lowest BCUT2D eigenvalue weighted by Gasteiger charge is -2.35. The molecule has 0 N–H and O–H groups in total.